The number of aryl methyl sites for hydroxylation is 1. The van der Waals surface area contributed by atoms with E-state index in [0.29, 0.717) is 24.4 Å². The molecular weight excluding hydrogens is 496 g/mol. The molecule has 0 radical (unpaired) electrons. The topological polar surface area (TPSA) is 108 Å². The Morgan fingerprint density at radius 2 is 1.59 bits per heavy atom. The van der Waals surface area contributed by atoms with Gasteiger partial charge in [-0.2, -0.15) is 0 Å². The zero-order valence-corrected chi connectivity index (χ0v) is 23.8. The third kappa shape index (κ3) is 7.20. The van der Waals surface area contributed by atoms with Crippen LogP contribution in [0.1, 0.15) is 92.8 Å². The number of Topliss-reactive ketones (excluding diaryl/α,β-unsaturated/α-hetero) is 1. The molecule has 1 aromatic heterocycles. The number of nitrogens with zero attached hydrogens (tertiary/aromatic N) is 2. The van der Waals surface area contributed by atoms with Crippen molar-refractivity contribution in [1.29, 1.82) is 0 Å². The summed E-state index contributed by atoms with van der Waals surface area (Å²) in [6, 6.07) is 14.5. The second-order valence-electron chi connectivity index (χ2n) is 10.9. The van der Waals surface area contributed by atoms with Crippen LogP contribution in [0.25, 0.3) is 11.1 Å². The van der Waals surface area contributed by atoms with Gasteiger partial charge in [0.1, 0.15) is 22.7 Å². The van der Waals surface area contributed by atoms with E-state index in [1.54, 1.807) is 65.8 Å². The van der Waals surface area contributed by atoms with Crippen LogP contribution in [0.3, 0.4) is 0 Å². The molecule has 8 nitrogen and oxygen atoms in total. The highest BCUT2D eigenvalue weighted by Crippen LogP contribution is 2.29. The van der Waals surface area contributed by atoms with Crippen molar-refractivity contribution in [3.05, 3.63) is 76.9 Å². The summed E-state index contributed by atoms with van der Waals surface area (Å²) in [5.74, 6) is -1.44. The molecule has 0 bridgehead atoms. The van der Waals surface area contributed by atoms with Gasteiger partial charge in [0.15, 0.2) is 5.69 Å². The molecule has 1 N–H and O–H groups in total. The van der Waals surface area contributed by atoms with E-state index in [2.05, 4.69) is 4.98 Å². The molecular formula is C31H38N2O6. The fraction of sp³-hybridized carbons (Fsp3) is 0.419. The number of benzene rings is 2. The summed E-state index contributed by atoms with van der Waals surface area (Å²) in [6.45, 7) is 12.6. The van der Waals surface area contributed by atoms with Gasteiger partial charge in [-0.15, -0.1) is 0 Å². The standard InChI is InChI=1S/C31H38N2O6/c1-8-12-24-32-27(31(6,7)37)25(28(35)38-9-2)33(24)19-20-15-17-21(18-16-20)22-13-10-11-14-23(22)26(34)29(36)39-30(3,4)5/h10-11,13-18,37H,8-9,12,19H2,1-7H3. The molecule has 8 heteroatoms. The first kappa shape index (κ1) is 29.8. The maximum absolute atomic E-state index is 13.0. The number of imidazole rings is 1. The van der Waals surface area contributed by atoms with Crippen molar-refractivity contribution in [3.63, 3.8) is 0 Å². The van der Waals surface area contributed by atoms with Gasteiger partial charge >= 0.3 is 11.9 Å². The van der Waals surface area contributed by atoms with Crippen molar-refractivity contribution < 1.29 is 29.0 Å². The van der Waals surface area contributed by atoms with Crippen molar-refractivity contribution >= 4 is 17.7 Å². The second kappa shape index (κ2) is 11.9. The summed E-state index contributed by atoms with van der Waals surface area (Å²) >= 11 is 0. The Morgan fingerprint density at radius 3 is 2.15 bits per heavy atom. The van der Waals surface area contributed by atoms with Crippen LogP contribution < -0.4 is 0 Å². The molecule has 39 heavy (non-hydrogen) atoms. The molecule has 0 aliphatic rings. The molecule has 0 aliphatic carbocycles. The van der Waals surface area contributed by atoms with Crippen LogP contribution in [-0.4, -0.2) is 44.6 Å². The van der Waals surface area contributed by atoms with Crippen LogP contribution in [0.15, 0.2) is 48.5 Å². The van der Waals surface area contributed by atoms with Crippen molar-refractivity contribution in [3.8, 4) is 11.1 Å². The Kier molecular flexibility index (Phi) is 9.12. The predicted octanol–water partition coefficient (Wildman–Crippen LogP) is 5.48. The van der Waals surface area contributed by atoms with Gasteiger partial charge in [-0.3, -0.25) is 4.79 Å². The normalized spacial score (nSPS) is 11.8. The van der Waals surface area contributed by atoms with E-state index in [-0.39, 0.29) is 23.6 Å². The van der Waals surface area contributed by atoms with Crippen LogP contribution >= 0.6 is 0 Å². The minimum Gasteiger partial charge on any atom is -0.461 e. The molecule has 0 unspecified atom stereocenters. The van der Waals surface area contributed by atoms with Gasteiger partial charge in [-0.25, -0.2) is 14.6 Å². The summed E-state index contributed by atoms with van der Waals surface area (Å²) < 4.78 is 12.4. The zero-order valence-electron chi connectivity index (χ0n) is 23.8. The molecule has 0 atom stereocenters. The number of aliphatic hydroxyl groups is 1. The monoisotopic (exact) mass is 534 g/mol. The first-order valence-electron chi connectivity index (χ1n) is 13.2. The third-order valence-corrected chi connectivity index (χ3v) is 5.93. The summed E-state index contributed by atoms with van der Waals surface area (Å²) in [5.41, 5.74) is 0.946. The maximum Gasteiger partial charge on any atom is 0.380 e. The van der Waals surface area contributed by atoms with E-state index in [1.165, 1.54) is 0 Å². The minimum atomic E-state index is -1.33. The molecule has 0 amide bonds. The highest BCUT2D eigenvalue weighted by molar-refractivity contribution is 6.42. The second-order valence-corrected chi connectivity index (χ2v) is 10.9. The molecule has 0 aliphatic heterocycles. The Labute approximate surface area is 230 Å². The molecule has 0 spiro atoms. The van der Waals surface area contributed by atoms with Crippen LogP contribution in [0, 0.1) is 0 Å². The Balaban J connectivity index is 1.98. The lowest BCUT2D eigenvalue weighted by Crippen LogP contribution is -2.29. The molecule has 208 valence electrons. The molecule has 3 rings (SSSR count). The average Bonchev–Trinajstić information content (AvgIpc) is 3.22. The number of aromatic nitrogens is 2. The summed E-state index contributed by atoms with van der Waals surface area (Å²) in [5, 5.41) is 10.7. The van der Waals surface area contributed by atoms with Gasteiger partial charge in [0.25, 0.3) is 5.78 Å². The van der Waals surface area contributed by atoms with Gasteiger partial charge in [0.2, 0.25) is 0 Å². The van der Waals surface area contributed by atoms with E-state index >= 15 is 0 Å². The van der Waals surface area contributed by atoms with Crippen molar-refractivity contribution in [2.45, 2.75) is 79.1 Å². The fourth-order valence-electron chi connectivity index (χ4n) is 4.26. The Morgan fingerprint density at radius 1 is 0.949 bits per heavy atom. The van der Waals surface area contributed by atoms with E-state index in [0.717, 1.165) is 17.5 Å². The number of rotatable bonds is 10. The van der Waals surface area contributed by atoms with Crippen molar-refractivity contribution in [1.82, 2.24) is 9.55 Å². The van der Waals surface area contributed by atoms with E-state index in [1.807, 2.05) is 35.8 Å². The van der Waals surface area contributed by atoms with Gasteiger partial charge in [-0.05, 0) is 64.7 Å². The third-order valence-electron chi connectivity index (χ3n) is 5.93. The number of ether oxygens (including phenoxy) is 2. The van der Waals surface area contributed by atoms with Crippen molar-refractivity contribution in [2.75, 3.05) is 6.61 Å². The van der Waals surface area contributed by atoms with Crippen LogP contribution in [0.5, 0.6) is 0 Å². The lowest BCUT2D eigenvalue weighted by Gasteiger charge is -2.19. The number of ketones is 1. The summed E-state index contributed by atoms with van der Waals surface area (Å²) in [4.78, 5) is 43.0. The lowest BCUT2D eigenvalue weighted by molar-refractivity contribution is -0.148. The minimum absolute atomic E-state index is 0.203. The smallest absolute Gasteiger partial charge is 0.380 e. The molecule has 3 aromatic rings. The van der Waals surface area contributed by atoms with Crippen molar-refractivity contribution in [2.24, 2.45) is 0 Å². The van der Waals surface area contributed by atoms with Gasteiger partial charge in [-0.1, -0.05) is 55.5 Å². The largest absolute Gasteiger partial charge is 0.461 e. The maximum atomic E-state index is 13.0. The first-order chi connectivity index (χ1) is 18.3. The molecule has 0 saturated heterocycles. The van der Waals surface area contributed by atoms with E-state index in [9.17, 15) is 19.5 Å². The Hall–Kier alpha value is -3.78. The highest BCUT2D eigenvalue weighted by Gasteiger charge is 2.32. The van der Waals surface area contributed by atoms with Gasteiger partial charge in [0, 0.05) is 18.5 Å². The van der Waals surface area contributed by atoms with Crippen LogP contribution in [0.2, 0.25) is 0 Å². The predicted molar refractivity (Wildman–Crippen MR) is 149 cm³/mol. The molecule has 0 saturated carbocycles. The van der Waals surface area contributed by atoms with Crippen LogP contribution in [0.4, 0.5) is 0 Å². The quantitative estimate of drug-likeness (QED) is 0.208. The molecule has 0 fully saturated rings. The average molecular weight is 535 g/mol. The number of carbonyl (C=O) groups is 3. The molecule has 1 heterocycles. The lowest BCUT2D eigenvalue weighted by atomic mass is 9.96. The number of hydrogen-bond donors (Lipinski definition) is 1. The summed E-state index contributed by atoms with van der Waals surface area (Å²) in [6.07, 6.45) is 1.44. The summed E-state index contributed by atoms with van der Waals surface area (Å²) in [7, 11) is 0. The molecule has 2 aromatic carbocycles. The van der Waals surface area contributed by atoms with Gasteiger partial charge < -0.3 is 19.1 Å². The Bertz CT molecular complexity index is 1340. The SMILES string of the molecule is CCCc1nc(C(C)(C)O)c(C(=O)OCC)n1Cc1ccc(-c2ccccc2C(=O)C(=O)OC(C)(C)C)cc1. The fourth-order valence-corrected chi connectivity index (χ4v) is 4.26. The zero-order chi connectivity index (χ0) is 29.0. The number of esters is 2. The van der Waals surface area contributed by atoms with Gasteiger partial charge in [0.05, 0.1) is 6.61 Å². The first-order valence-corrected chi connectivity index (χ1v) is 13.2. The number of carbonyl (C=O) groups excluding carboxylic acids is 3. The van der Waals surface area contributed by atoms with E-state index < -0.39 is 28.9 Å². The number of hydrogen-bond acceptors (Lipinski definition) is 7. The highest BCUT2D eigenvalue weighted by atomic mass is 16.6. The van der Waals surface area contributed by atoms with E-state index in [4.69, 9.17) is 9.47 Å². The van der Waals surface area contributed by atoms with Crippen LogP contribution in [-0.2, 0) is 32.8 Å².